The van der Waals surface area contributed by atoms with Crippen LogP contribution in [-0.2, 0) is 4.79 Å². The number of amides is 1. The van der Waals surface area contributed by atoms with E-state index < -0.39 is 0 Å². The zero-order chi connectivity index (χ0) is 14.7. The van der Waals surface area contributed by atoms with Crippen molar-refractivity contribution in [3.8, 4) is 5.75 Å². The Hall–Kier alpha value is -1.59. The molecule has 5 heteroatoms. The minimum absolute atomic E-state index is 0.198. The van der Waals surface area contributed by atoms with Crippen LogP contribution in [0.25, 0.3) is 0 Å². The lowest BCUT2D eigenvalue weighted by Gasteiger charge is -2.34. The maximum Gasteiger partial charge on any atom is 0.244 e. The number of carbonyl (C=O) groups excluding carboxylic acids is 1. The number of benzene rings is 1. The fraction of sp³-hybridized carbons (Fsp3) is 0.562. The summed E-state index contributed by atoms with van der Waals surface area (Å²) in [7, 11) is 0. The summed E-state index contributed by atoms with van der Waals surface area (Å²) in [4.78, 5) is 17.2. The molecule has 2 heterocycles. The van der Waals surface area contributed by atoms with Crippen LogP contribution in [-0.4, -0.2) is 60.1 Å². The van der Waals surface area contributed by atoms with Crippen LogP contribution >= 0.6 is 0 Å². The van der Waals surface area contributed by atoms with Crippen LogP contribution in [0.5, 0.6) is 5.75 Å². The van der Waals surface area contributed by atoms with Gasteiger partial charge in [-0.2, -0.15) is 0 Å². The number of piperazine rings is 1. The predicted molar refractivity (Wildman–Crippen MR) is 81.1 cm³/mol. The van der Waals surface area contributed by atoms with E-state index in [1.54, 1.807) is 12.1 Å². The molecule has 1 aromatic rings. The quantitative estimate of drug-likeness (QED) is 0.870. The second-order valence-electron chi connectivity index (χ2n) is 5.81. The van der Waals surface area contributed by atoms with Crippen molar-refractivity contribution in [3.63, 3.8) is 0 Å². The molecule has 2 N–H and O–H groups in total. The van der Waals surface area contributed by atoms with Gasteiger partial charge in [-0.15, -0.1) is 0 Å². The Balaban J connectivity index is 1.84. The van der Waals surface area contributed by atoms with Crippen molar-refractivity contribution < 1.29 is 9.90 Å². The first kappa shape index (κ1) is 14.4. The Bertz CT molecular complexity index is 477. The molecule has 0 bridgehead atoms. The molecule has 0 radical (unpaired) electrons. The van der Waals surface area contributed by atoms with E-state index in [9.17, 15) is 9.90 Å². The highest BCUT2D eigenvalue weighted by atomic mass is 16.3. The average molecular weight is 289 g/mol. The molecule has 2 fully saturated rings. The molecule has 1 unspecified atom stereocenters. The van der Waals surface area contributed by atoms with Crippen molar-refractivity contribution >= 4 is 5.91 Å². The fourth-order valence-electron chi connectivity index (χ4n) is 3.22. The van der Waals surface area contributed by atoms with E-state index >= 15 is 0 Å². The van der Waals surface area contributed by atoms with Crippen LogP contribution < -0.4 is 5.32 Å². The Morgan fingerprint density at radius 3 is 2.29 bits per heavy atom. The predicted octanol–water partition coefficient (Wildman–Crippen LogP) is 0.961. The van der Waals surface area contributed by atoms with E-state index in [0.29, 0.717) is 0 Å². The molecule has 114 valence electrons. The summed E-state index contributed by atoms with van der Waals surface area (Å²) in [6, 6.07) is 6.88. The summed E-state index contributed by atoms with van der Waals surface area (Å²) in [6.07, 6.45) is 2.31. The van der Waals surface area contributed by atoms with E-state index in [1.165, 1.54) is 0 Å². The van der Waals surface area contributed by atoms with E-state index in [1.807, 2.05) is 17.0 Å². The lowest BCUT2D eigenvalue weighted by atomic mass is 10.0. The first-order valence-corrected chi connectivity index (χ1v) is 7.78. The van der Waals surface area contributed by atoms with Gasteiger partial charge in [-0.25, -0.2) is 0 Å². The summed E-state index contributed by atoms with van der Waals surface area (Å²) in [5, 5.41) is 12.8. The maximum absolute atomic E-state index is 13.0. The molecule has 1 amide bonds. The topological polar surface area (TPSA) is 55.8 Å². The number of phenols is 1. The van der Waals surface area contributed by atoms with Gasteiger partial charge in [0, 0.05) is 26.2 Å². The van der Waals surface area contributed by atoms with Crippen molar-refractivity contribution in [3.05, 3.63) is 29.8 Å². The lowest BCUT2D eigenvalue weighted by molar-refractivity contribution is -0.137. The molecule has 1 atom stereocenters. The first-order chi connectivity index (χ1) is 10.3. The zero-order valence-corrected chi connectivity index (χ0v) is 12.3. The Morgan fingerprint density at radius 2 is 1.67 bits per heavy atom. The largest absolute Gasteiger partial charge is 0.508 e. The van der Waals surface area contributed by atoms with Gasteiger partial charge in [0.2, 0.25) is 5.91 Å². The smallest absolute Gasteiger partial charge is 0.244 e. The summed E-state index contributed by atoms with van der Waals surface area (Å²) in [6.45, 7) is 5.25. The number of aromatic hydroxyl groups is 1. The molecule has 1 aromatic carbocycles. The summed E-state index contributed by atoms with van der Waals surface area (Å²) in [5.74, 6) is 0.442. The number of nitrogens with one attached hydrogen (secondary N) is 1. The van der Waals surface area contributed by atoms with Crippen molar-refractivity contribution in [2.24, 2.45) is 0 Å². The van der Waals surface area contributed by atoms with Gasteiger partial charge < -0.3 is 15.3 Å². The molecular formula is C16H23N3O2. The maximum atomic E-state index is 13.0. The second kappa shape index (κ2) is 6.45. The molecule has 0 aromatic heterocycles. The van der Waals surface area contributed by atoms with Crippen molar-refractivity contribution in [2.45, 2.75) is 18.9 Å². The SMILES string of the molecule is O=C(C(c1ccc(O)cc1)N1CCCC1)N1CCNCC1. The van der Waals surface area contributed by atoms with Gasteiger partial charge in [0.25, 0.3) is 0 Å². The zero-order valence-electron chi connectivity index (χ0n) is 12.3. The van der Waals surface area contributed by atoms with Gasteiger partial charge in [-0.05, 0) is 43.6 Å². The molecular weight excluding hydrogens is 266 g/mol. The Kier molecular flexibility index (Phi) is 4.41. The molecule has 0 aliphatic carbocycles. The molecule has 2 aliphatic rings. The Labute approximate surface area is 125 Å². The summed E-state index contributed by atoms with van der Waals surface area (Å²) in [5.41, 5.74) is 0.984. The number of hydrogen-bond acceptors (Lipinski definition) is 4. The molecule has 21 heavy (non-hydrogen) atoms. The van der Waals surface area contributed by atoms with Crippen LogP contribution in [0, 0.1) is 0 Å². The van der Waals surface area contributed by atoms with E-state index in [-0.39, 0.29) is 17.7 Å². The van der Waals surface area contributed by atoms with Gasteiger partial charge in [-0.3, -0.25) is 9.69 Å². The third-order valence-electron chi connectivity index (χ3n) is 4.38. The van der Waals surface area contributed by atoms with Gasteiger partial charge in [0.05, 0.1) is 0 Å². The summed E-state index contributed by atoms with van der Waals surface area (Å²) >= 11 is 0. The van der Waals surface area contributed by atoms with Crippen LogP contribution in [0.3, 0.4) is 0 Å². The molecule has 2 aliphatic heterocycles. The minimum atomic E-state index is -0.203. The van der Waals surface area contributed by atoms with Crippen LogP contribution in [0.4, 0.5) is 0 Å². The molecule has 2 saturated heterocycles. The highest BCUT2D eigenvalue weighted by Crippen LogP contribution is 2.28. The summed E-state index contributed by atoms with van der Waals surface area (Å²) < 4.78 is 0. The van der Waals surface area contributed by atoms with Gasteiger partial charge >= 0.3 is 0 Å². The van der Waals surface area contributed by atoms with E-state index in [4.69, 9.17) is 0 Å². The van der Waals surface area contributed by atoms with Crippen molar-refractivity contribution in [1.29, 1.82) is 0 Å². The van der Waals surface area contributed by atoms with Crippen LogP contribution in [0.1, 0.15) is 24.4 Å². The highest BCUT2D eigenvalue weighted by Gasteiger charge is 2.33. The minimum Gasteiger partial charge on any atom is -0.508 e. The third-order valence-corrected chi connectivity index (χ3v) is 4.38. The van der Waals surface area contributed by atoms with Crippen molar-refractivity contribution in [1.82, 2.24) is 15.1 Å². The van der Waals surface area contributed by atoms with E-state index in [0.717, 1.165) is 57.7 Å². The molecule has 5 nitrogen and oxygen atoms in total. The highest BCUT2D eigenvalue weighted by molar-refractivity contribution is 5.83. The number of carbonyl (C=O) groups is 1. The molecule has 0 saturated carbocycles. The number of phenolic OH excluding ortho intramolecular Hbond substituents is 1. The lowest BCUT2D eigenvalue weighted by Crippen LogP contribution is -2.50. The van der Waals surface area contributed by atoms with Crippen LogP contribution in [0.2, 0.25) is 0 Å². The third kappa shape index (κ3) is 3.19. The number of hydrogen-bond donors (Lipinski definition) is 2. The number of nitrogens with zero attached hydrogens (tertiary/aromatic N) is 2. The number of rotatable bonds is 3. The second-order valence-corrected chi connectivity index (χ2v) is 5.81. The van der Waals surface area contributed by atoms with Gasteiger partial charge in [-0.1, -0.05) is 12.1 Å². The van der Waals surface area contributed by atoms with Gasteiger partial charge in [0.15, 0.2) is 0 Å². The standard InChI is InChI=1S/C16H23N3O2/c20-14-5-3-13(4-6-14)15(18-9-1-2-10-18)16(21)19-11-7-17-8-12-19/h3-6,15,17,20H,1-2,7-12H2. The average Bonchev–Trinajstić information content (AvgIpc) is 3.04. The fourth-order valence-corrected chi connectivity index (χ4v) is 3.22. The van der Waals surface area contributed by atoms with Crippen molar-refractivity contribution in [2.75, 3.05) is 39.3 Å². The van der Waals surface area contributed by atoms with E-state index in [2.05, 4.69) is 10.2 Å². The molecule has 0 spiro atoms. The first-order valence-electron chi connectivity index (χ1n) is 7.78. The normalized spacial score (nSPS) is 21.4. The van der Waals surface area contributed by atoms with Crippen LogP contribution in [0.15, 0.2) is 24.3 Å². The Morgan fingerprint density at radius 1 is 1.05 bits per heavy atom. The monoisotopic (exact) mass is 289 g/mol. The molecule has 3 rings (SSSR count). The number of likely N-dealkylation sites (tertiary alicyclic amines) is 1. The van der Waals surface area contributed by atoms with Gasteiger partial charge in [0.1, 0.15) is 11.8 Å².